The molecule has 17 heavy (non-hydrogen) atoms. The SMILES string of the molecule is O=C(CCl)N1CC2(CCC2)c2c(F)cccc21. The number of alkyl halides is 1. The molecule has 1 aliphatic carbocycles. The van der Waals surface area contributed by atoms with Crippen LogP contribution in [0, 0.1) is 5.82 Å². The largest absolute Gasteiger partial charge is 0.310 e. The van der Waals surface area contributed by atoms with E-state index in [1.807, 2.05) is 6.07 Å². The number of amides is 1. The van der Waals surface area contributed by atoms with Crippen LogP contribution in [-0.2, 0) is 10.2 Å². The molecule has 1 saturated carbocycles. The topological polar surface area (TPSA) is 20.3 Å². The summed E-state index contributed by atoms with van der Waals surface area (Å²) in [6.07, 6.45) is 3.04. The van der Waals surface area contributed by atoms with Crippen LogP contribution in [0.4, 0.5) is 10.1 Å². The van der Waals surface area contributed by atoms with Crippen LogP contribution in [0.25, 0.3) is 0 Å². The Bertz CT molecular complexity index is 484. The van der Waals surface area contributed by atoms with Crippen LogP contribution < -0.4 is 4.90 Å². The second kappa shape index (κ2) is 3.70. The third-order valence-corrected chi connectivity index (χ3v) is 4.23. The first kappa shape index (κ1) is 11.0. The van der Waals surface area contributed by atoms with Crippen molar-refractivity contribution in [2.75, 3.05) is 17.3 Å². The molecule has 0 unspecified atom stereocenters. The molecule has 1 fully saturated rings. The highest BCUT2D eigenvalue weighted by atomic mass is 35.5. The number of anilines is 1. The third kappa shape index (κ3) is 1.41. The van der Waals surface area contributed by atoms with Gasteiger partial charge in [-0.1, -0.05) is 12.5 Å². The van der Waals surface area contributed by atoms with E-state index in [-0.39, 0.29) is 23.0 Å². The van der Waals surface area contributed by atoms with Gasteiger partial charge in [0.05, 0.1) is 5.69 Å². The predicted octanol–water partition coefficient (Wildman–Crippen LogP) is 2.83. The zero-order valence-corrected chi connectivity index (χ0v) is 10.1. The fourth-order valence-corrected chi connectivity index (χ4v) is 3.18. The molecule has 0 bridgehead atoms. The molecule has 1 heterocycles. The zero-order valence-electron chi connectivity index (χ0n) is 9.38. The van der Waals surface area contributed by atoms with Crippen LogP contribution in [0.5, 0.6) is 0 Å². The molecule has 2 aliphatic rings. The second-order valence-corrected chi connectivity index (χ2v) is 5.15. The lowest BCUT2D eigenvalue weighted by Gasteiger charge is -2.38. The van der Waals surface area contributed by atoms with Crippen molar-refractivity contribution in [1.82, 2.24) is 0 Å². The van der Waals surface area contributed by atoms with Crippen LogP contribution in [0.15, 0.2) is 18.2 Å². The number of carbonyl (C=O) groups excluding carboxylic acids is 1. The molecule has 2 nitrogen and oxygen atoms in total. The molecule has 0 atom stereocenters. The molecule has 3 rings (SSSR count). The summed E-state index contributed by atoms with van der Waals surface area (Å²) in [5.74, 6) is -0.374. The standard InChI is InChI=1S/C13H13ClFNO/c14-7-11(17)16-8-13(5-2-6-13)12-9(15)3-1-4-10(12)16/h1,3-4H,2,5-8H2. The second-order valence-electron chi connectivity index (χ2n) is 4.88. The number of carbonyl (C=O) groups is 1. The molecule has 1 aromatic rings. The van der Waals surface area contributed by atoms with Crippen molar-refractivity contribution in [2.24, 2.45) is 0 Å². The lowest BCUT2D eigenvalue weighted by Crippen LogP contribution is -2.42. The average Bonchev–Trinajstić information content (AvgIpc) is 2.64. The van der Waals surface area contributed by atoms with Gasteiger partial charge in [-0.2, -0.15) is 0 Å². The van der Waals surface area contributed by atoms with Crippen LogP contribution in [0.1, 0.15) is 24.8 Å². The highest BCUT2D eigenvalue weighted by Gasteiger charge is 2.49. The number of nitrogens with zero attached hydrogens (tertiary/aromatic N) is 1. The van der Waals surface area contributed by atoms with Crippen LogP contribution in [0.3, 0.4) is 0 Å². The minimum absolute atomic E-state index is 0.0496. The number of benzene rings is 1. The van der Waals surface area contributed by atoms with Gasteiger partial charge in [0.15, 0.2) is 0 Å². The maximum absolute atomic E-state index is 14.0. The van der Waals surface area contributed by atoms with E-state index in [0.29, 0.717) is 6.54 Å². The Morgan fingerprint density at radius 1 is 1.47 bits per heavy atom. The number of hydrogen-bond acceptors (Lipinski definition) is 1. The first-order valence-electron chi connectivity index (χ1n) is 5.83. The smallest absolute Gasteiger partial charge is 0.241 e. The van der Waals surface area contributed by atoms with E-state index in [2.05, 4.69) is 0 Å². The predicted molar refractivity (Wildman–Crippen MR) is 65.0 cm³/mol. The maximum atomic E-state index is 14.0. The highest BCUT2D eigenvalue weighted by molar-refractivity contribution is 6.29. The summed E-state index contributed by atoms with van der Waals surface area (Å²) in [6, 6.07) is 4.95. The van der Waals surface area contributed by atoms with Crippen molar-refractivity contribution >= 4 is 23.2 Å². The molecular formula is C13H13ClFNO. The number of fused-ring (bicyclic) bond motifs is 2. The minimum atomic E-state index is -0.188. The van der Waals surface area contributed by atoms with Crippen LogP contribution in [0.2, 0.25) is 0 Å². The normalized spacial score (nSPS) is 20.2. The summed E-state index contributed by atoms with van der Waals surface area (Å²) in [4.78, 5) is 13.4. The Morgan fingerprint density at radius 3 is 2.82 bits per heavy atom. The minimum Gasteiger partial charge on any atom is -0.310 e. The van der Waals surface area contributed by atoms with Gasteiger partial charge in [0.2, 0.25) is 5.91 Å². The Labute approximate surface area is 104 Å². The van der Waals surface area contributed by atoms with Crippen LogP contribution >= 0.6 is 11.6 Å². The van der Waals surface area contributed by atoms with E-state index >= 15 is 0 Å². The molecule has 1 aliphatic heterocycles. The van der Waals surface area contributed by atoms with Crippen molar-refractivity contribution < 1.29 is 9.18 Å². The Kier molecular flexibility index (Phi) is 2.40. The summed E-state index contributed by atoms with van der Waals surface area (Å²) in [7, 11) is 0. The average molecular weight is 254 g/mol. The molecule has 4 heteroatoms. The van der Waals surface area contributed by atoms with Crippen molar-refractivity contribution in [3.05, 3.63) is 29.6 Å². The fourth-order valence-electron chi connectivity index (χ4n) is 3.04. The van der Waals surface area contributed by atoms with E-state index < -0.39 is 0 Å². The van der Waals surface area contributed by atoms with Gasteiger partial charge in [-0.25, -0.2) is 4.39 Å². The summed E-state index contributed by atoms with van der Waals surface area (Å²) >= 11 is 5.61. The van der Waals surface area contributed by atoms with Crippen molar-refractivity contribution in [3.8, 4) is 0 Å². The zero-order chi connectivity index (χ0) is 12.0. The fraction of sp³-hybridized carbons (Fsp3) is 0.462. The molecule has 0 N–H and O–H groups in total. The summed E-state index contributed by atoms with van der Waals surface area (Å²) in [6.45, 7) is 0.592. The maximum Gasteiger partial charge on any atom is 0.241 e. The van der Waals surface area contributed by atoms with E-state index in [0.717, 1.165) is 30.5 Å². The first-order chi connectivity index (χ1) is 8.18. The van der Waals surface area contributed by atoms with E-state index in [9.17, 15) is 9.18 Å². The molecule has 0 saturated heterocycles. The van der Waals surface area contributed by atoms with Gasteiger partial charge in [-0.3, -0.25) is 4.79 Å². The van der Waals surface area contributed by atoms with Gasteiger partial charge in [-0.15, -0.1) is 11.6 Å². The molecule has 1 aromatic carbocycles. The lowest BCUT2D eigenvalue weighted by atomic mass is 9.65. The number of hydrogen-bond donors (Lipinski definition) is 0. The molecule has 0 radical (unpaired) electrons. The van der Waals surface area contributed by atoms with Crippen molar-refractivity contribution in [2.45, 2.75) is 24.7 Å². The van der Waals surface area contributed by atoms with Gasteiger partial charge >= 0.3 is 0 Å². The Hall–Kier alpha value is -1.09. The van der Waals surface area contributed by atoms with E-state index in [1.54, 1.807) is 11.0 Å². The Balaban J connectivity index is 2.12. The van der Waals surface area contributed by atoms with E-state index in [4.69, 9.17) is 11.6 Å². The summed E-state index contributed by atoms with van der Waals surface area (Å²) in [5, 5.41) is 0. The monoisotopic (exact) mass is 253 g/mol. The first-order valence-corrected chi connectivity index (χ1v) is 6.37. The highest BCUT2D eigenvalue weighted by Crippen LogP contribution is 2.53. The number of halogens is 2. The summed E-state index contributed by atoms with van der Waals surface area (Å²) < 4.78 is 14.0. The molecular weight excluding hydrogens is 241 g/mol. The van der Waals surface area contributed by atoms with Crippen molar-refractivity contribution in [1.29, 1.82) is 0 Å². The summed E-state index contributed by atoms with van der Waals surface area (Å²) in [5.41, 5.74) is 1.31. The molecule has 90 valence electrons. The Morgan fingerprint density at radius 2 is 2.24 bits per heavy atom. The van der Waals surface area contributed by atoms with Gasteiger partial charge in [0.25, 0.3) is 0 Å². The quantitative estimate of drug-likeness (QED) is 0.705. The molecule has 0 aromatic heterocycles. The van der Waals surface area contributed by atoms with E-state index in [1.165, 1.54) is 6.07 Å². The van der Waals surface area contributed by atoms with Gasteiger partial charge < -0.3 is 4.90 Å². The van der Waals surface area contributed by atoms with Gasteiger partial charge in [0, 0.05) is 17.5 Å². The lowest BCUT2D eigenvalue weighted by molar-refractivity contribution is -0.116. The molecule has 1 spiro atoms. The van der Waals surface area contributed by atoms with Gasteiger partial charge in [0.1, 0.15) is 11.7 Å². The number of rotatable bonds is 1. The third-order valence-electron chi connectivity index (χ3n) is 4.00. The molecule has 1 amide bonds. The van der Waals surface area contributed by atoms with Crippen molar-refractivity contribution in [3.63, 3.8) is 0 Å². The van der Waals surface area contributed by atoms with Gasteiger partial charge in [-0.05, 0) is 25.0 Å². The van der Waals surface area contributed by atoms with Crippen LogP contribution in [-0.4, -0.2) is 18.3 Å².